The summed E-state index contributed by atoms with van der Waals surface area (Å²) in [6, 6.07) is 4.72. The molecule has 0 bridgehead atoms. The lowest BCUT2D eigenvalue weighted by Gasteiger charge is -2.09. The third kappa shape index (κ3) is 4.56. The molecule has 3 nitrogen and oxygen atoms in total. The molecular weight excluding hydrogens is 303 g/mol. The summed E-state index contributed by atoms with van der Waals surface area (Å²) in [6.45, 7) is 1.63. The summed E-state index contributed by atoms with van der Waals surface area (Å²) in [7, 11) is 0. The molecule has 0 radical (unpaired) electrons. The number of ether oxygens (including phenoxy) is 1. The molecule has 0 unspecified atom stereocenters. The first-order valence-electron chi connectivity index (χ1n) is 6.07. The average molecular weight is 315 g/mol. The summed E-state index contributed by atoms with van der Waals surface area (Å²) in [5, 5.41) is 2.59. The van der Waals surface area contributed by atoms with Gasteiger partial charge in [0.15, 0.2) is 0 Å². The number of nitrogens with zero attached hydrogens (tertiary/aromatic N) is 1. The van der Waals surface area contributed by atoms with Crippen molar-refractivity contribution in [1.29, 1.82) is 0 Å². The van der Waals surface area contributed by atoms with Crippen LogP contribution in [0.15, 0.2) is 29.6 Å². The number of alkyl halides is 3. The fourth-order valence-corrected chi connectivity index (χ4v) is 2.30. The summed E-state index contributed by atoms with van der Waals surface area (Å²) in [4.78, 5) is 15.7. The third-order valence-electron chi connectivity index (χ3n) is 2.65. The normalized spacial score (nSPS) is 11.4. The van der Waals surface area contributed by atoms with Gasteiger partial charge in [0.1, 0.15) is 6.61 Å². The number of carbonyl (C=O) groups excluding carboxylic acids is 1. The van der Waals surface area contributed by atoms with E-state index in [9.17, 15) is 18.0 Å². The number of carbonyl (C=O) groups is 1. The number of rotatable bonds is 4. The van der Waals surface area contributed by atoms with Crippen molar-refractivity contribution in [2.45, 2.75) is 26.1 Å². The molecule has 7 heteroatoms. The maximum atomic E-state index is 12.5. The SMILES string of the molecule is Cc1nc(CC(=O)OCc2cccc(C(F)(F)F)c2)cs1. The molecule has 0 atom stereocenters. The van der Waals surface area contributed by atoms with E-state index in [0.717, 1.165) is 17.1 Å². The number of aryl methyl sites for hydroxylation is 1. The Kier molecular flexibility index (Phi) is 4.62. The van der Waals surface area contributed by atoms with Crippen LogP contribution in [0.4, 0.5) is 13.2 Å². The Labute approximate surface area is 123 Å². The minimum absolute atomic E-state index is 0.0172. The van der Waals surface area contributed by atoms with Gasteiger partial charge in [-0.05, 0) is 24.6 Å². The fraction of sp³-hybridized carbons (Fsp3) is 0.286. The first-order chi connectivity index (χ1) is 9.84. The molecule has 0 N–H and O–H groups in total. The van der Waals surface area contributed by atoms with Crippen molar-refractivity contribution in [3.63, 3.8) is 0 Å². The number of aromatic nitrogens is 1. The molecule has 1 aromatic carbocycles. The van der Waals surface area contributed by atoms with Gasteiger partial charge < -0.3 is 4.74 Å². The van der Waals surface area contributed by atoms with E-state index in [2.05, 4.69) is 4.98 Å². The van der Waals surface area contributed by atoms with Crippen LogP contribution in [0.1, 0.15) is 21.8 Å². The topological polar surface area (TPSA) is 39.2 Å². The van der Waals surface area contributed by atoms with Gasteiger partial charge in [-0.2, -0.15) is 13.2 Å². The van der Waals surface area contributed by atoms with Gasteiger partial charge in [-0.15, -0.1) is 11.3 Å². The molecule has 1 heterocycles. The molecule has 0 aliphatic heterocycles. The third-order valence-corrected chi connectivity index (χ3v) is 3.47. The van der Waals surface area contributed by atoms with Gasteiger partial charge >= 0.3 is 12.1 Å². The maximum Gasteiger partial charge on any atom is 0.416 e. The lowest BCUT2D eigenvalue weighted by atomic mass is 10.1. The molecule has 1 aromatic heterocycles. The maximum absolute atomic E-state index is 12.5. The van der Waals surface area contributed by atoms with Crippen molar-refractivity contribution < 1.29 is 22.7 Å². The lowest BCUT2D eigenvalue weighted by molar-refractivity contribution is -0.144. The highest BCUT2D eigenvalue weighted by molar-refractivity contribution is 7.09. The van der Waals surface area contributed by atoms with Crippen LogP contribution in [0.3, 0.4) is 0 Å². The standard InChI is InChI=1S/C14H12F3NO2S/c1-9-18-12(8-21-9)6-13(19)20-7-10-3-2-4-11(5-10)14(15,16)17/h2-5,8H,6-7H2,1H3. The second-order valence-electron chi connectivity index (χ2n) is 4.39. The number of hydrogen-bond acceptors (Lipinski definition) is 4. The van der Waals surface area contributed by atoms with E-state index in [-0.39, 0.29) is 13.0 Å². The van der Waals surface area contributed by atoms with Gasteiger partial charge in [-0.3, -0.25) is 4.79 Å². The van der Waals surface area contributed by atoms with Gasteiger partial charge in [-0.25, -0.2) is 4.98 Å². The van der Waals surface area contributed by atoms with Crippen LogP contribution in [0.5, 0.6) is 0 Å². The van der Waals surface area contributed by atoms with Crippen LogP contribution in [0.25, 0.3) is 0 Å². The van der Waals surface area contributed by atoms with E-state index in [4.69, 9.17) is 4.74 Å². The highest BCUT2D eigenvalue weighted by Crippen LogP contribution is 2.29. The molecule has 2 aromatic rings. The molecule has 0 fully saturated rings. The van der Waals surface area contributed by atoms with E-state index in [1.54, 1.807) is 5.38 Å². The van der Waals surface area contributed by atoms with Crippen LogP contribution in [0.2, 0.25) is 0 Å². The van der Waals surface area contributed by atoms with Crippen molar-refractivity contribution in [3.8, 4) is 0 Å². The minimum Gasteiger partial charge on any atom is -0.461 e. The highest BCUT2D eigenvalue weighted by atomic mass is 32.1. The first-order valence-corrected chi connectivity index (χ1v) is 6.95. The second-order valence-corrected chi connectivity index (χ2v) is 5.46. The number of esters is 1. The Balaban J connectivity index is 1.92. The Morgan fingerprint density at radius 3 is 2.76 bits per heavy atom. The summed E-state index contributed by atoms with van der Waals surface area (Å²) in [5.74, 6) is -0.516. The van der Waals surface area contributed by atoms with Crippen LogP contribution >= 0.6 is 11.3 Å². The van der Waals surface area contributed by atoms with Gasteiger partial charge in [0.05, 0.1) is 22.7 Å². The van der Waals surface area contributed by atoms with Crippen LogP contribution < -0.4 is 0 Å². The number of benzene rings is 1. The number of hydrogen-bond donors (Lipinski definition) is 0. The largest absolute Gasteiger partial charge is 0.461 e. The molecule has 0 saturated carbocycles. The van der Waals surface area contributed by atoms with Crippen molar-refractivity contribution in [2.24, 2.45) is 0 Å². The van der Waals surface area contributed by atoms with Crippen LogP contribution in [-0.4, -0.2) is 11.0 Å². The first kappa shape index (κ1) is 15.5. The fourth-order valence-electron chi connectivity index (χ4n) is 1.69. The smallest absolute Gasteiger partial charge is 0.416 e. The van der Waals surface area contributed by atoms with Crippen LogP contribution in [0, 0.1) is 6.92 Å². The average Bonchev–Trinajstić information content (AvgIpc) is 2.81. The summed E-state index contributed by atoms with van der Waals surface area (Å²) in [6.07, 6.45) is -4.39. The predicted octanol–water partition coefficient (Wildman–Crippen LogP) is 3.76. The van der Waals surface area contributed by atoms with Gasteiger partial charge in [0.25, 0.3) is 0 Å². The van der Waals surface area contributed by atoms with Crippen molar-refractivity contribution in [3.05, 3.63) is 51.5 Å². The minimum atomic E-state index is -4.40. The second kappa shape index (κ2) is 6.26. The predicted molar refractivity (Wildman–Crippen MR) is 71.8 cm³/mol. The van der Waals surface area contributed by atoms with Gasteiger partial charge in [-0.1, -0.05) is 12.1 Å². The Morgan fingerprint density at radius 2 is 2.14 bits per heavy atom. The van der Waals surface area contributed by atoms with E-state index < -0.39 is 17.7 Å². The van der Waals surface area contributed by atoms with E-state index in [1.165, 1.54) is 23.5 Å². The molecule has 0 spiro atoms. The molecule has 2 rings (SSSR count). The molecule has 0 saturated heterocycles. The Bertz CT molecular complexity index is 637. The number of thiazole rings is 1. The van der Waals surface area contributed by atoms with Gasteiger partial charge in [0, 0.05) is 5.38 Å². The summed E-state index contributed by atoms with van der Waals surface area (Å²) < 4.78 is 42.6. The monoisotopic (exact) mass is 315 g/mol. The summed E-state index contributed by atoms with van der Waals surface area (Å²) >= 11 is 1.42. The zero-order chi connectivity index (χ0) is 15.5. The number of halogens is 3. The lowest BCUT2D eigenvalue weighted by Crippen LogP contribution is -2.09. The summed E-state index contributed by atoms with van der Waals surface area (Å²) in [5.41, 5.74) is 0.144. The quantitative estimate of drug-likeness (QED) is 0.807. The Hall–Kier alpha value is -1.89. The van der Waals surface area contributed by atoms with E-state index in [1.807, 2.05) is 6.92 Å². The van der Waals surface area contributed by atoms with Crippen LogP contribution in [-0.2, 0) is 28.7 Å². The van der Waals surface area contributed by atoms with E-state index in [0.29, 0.717) is 11.3 Å². The van der Waals surface area contributed by atoms with Gasteiger partial charge in [0.2, 0.25) is 0 Å². The molecule has 0 aliphatic rings. The van der Waals surface area contributed by atoms with Crippen molar-refractivity contribution in [1.82, 2.24) is 4.98 Å². The molecule has 0 aliphatic carbocycles. The molecule has 112 valence electrons. The Morgan fingerprint density at radius 1 is 1.38 bits per heavy atom. The zero-order valence-corrected chi connectivity index (χ0v) is 11.9. The van der Waals surface area contributed by atoms with Crippen molar-refractivity contribution >= 4 is 17.3 Å². The molecular formula is C14H12F3NO2S. The zero-order valence-electron chi connectivity index (χ0n) is 11.1. The van der Waals surface area contributed by atoms with E-state index >= 15 is 0 Å². The highest BCUT2D eigenvalue weighted by Gasteiger charge is 2.30. The molecule has 0 amide bonds. The van der Waals surface area contributed by atoms with Crippen molar-refractivity contribution in [2.75, 3.05) is 0 Å². The molecule has 21 heavy (non-hydrogen) atoms.